The molecule has 1 aromatic carbocycles. The molecule has 19 heavy (non-hydrogen) atoms. The molecule has 1 aliphatic carbocycles. The molecule has 2 aromatic rings. The second-order valence-corrected chi connectivity index (χ2v) is 6.07. The third-order valence-electron chi connectivity index (χ3n) is 5.02. The lowest BCUT2D eigenvalue weighted by Gasteiger charge is -2.48. The number of aliphatic hydroxyl groups excluding tert-OH is 1. The van der Waals surface area contributed by atoms with Gasteiger partial charge in [-0.3, -0.25) is 0 Å². The second kappa shape index (κ2) is 3.58. The highest BCUT2D eigenvalue weighted by molar-refractivity contribution is 5.76. The summed E-state index contributed by atoms with van der Waals surface area (Å²) in [6, 6.07) is 6.41. The molecule has 2 N–H and O–H groups in total. The Morgan fingerprint density at radius 3 is 2.74 bits per heavy atom. The monoisotopic (exact) mass is 258 g/mol. The van der Waals surface area contributed by atoms with Crippen LogP contribution in [0.2, 0.25) is 0 Å². The summed E-state index contributed by atoms with van der Waals surface area (Å²) >= 11 is 0. The van der Waals surface area contributed by atoms with Crippen LogP contribution in [0.4, 0.5) is 0 Å². The quantitative estimate of drug-likeness (QED) is 0.884. The molecule has 0 spiro atoms. The largest absolute Gasteiger partial charge is 0.396 e. The van der Waals surface area contributed by atoms with Gasteiger partial charge in [-0.25, -0.2) is 4.98 Å². The average Bonchev–Trinajstić information content (AvgIpc) is 3.04. The van der Waals surface area contributed by atoms with Crippen LogP contribution in [0, 0.1) is 12.3 Å². The molecule has 2 heterocycles. The standard InChI is InChI=1S/C15H18N2O2/c1-10-16-12-3-2-11(6-13(12)17-10)15(8-19-9-15)14(7-18)4-5-14/h2-3,6,18H,4-5,7-9H2,1H3,(H,16,17). The highest BCUT2D eigenvalue weighted by Gasteiger charge is 2.63. The number of rotatable bonds is 3. The summed E-state index contributed by atoms with van der Waals surface area (Å²) in [5, 5.41) is 9.76. The number of nitrogens with one attached hydrogen (secondary N) is 1. The van der Waals surface area contributed by atoms with Gasteiger partial charge >= 0.3 is 0 Å². The fourth-order valence-corrected chi connectivity index (χ4v) is 3.46. The van der Waals surface area contributed by atoms with E-state index in [2.05, 4.69) is 28.2 Å². The molecule has 1 aliphatic heterocycles. The van der Waals surface area contributed by atoms with Crippen LogP contribution in [-0.4, -0.2) is 34.9 Å². The molecule has 0 radical (unpaired) electrons. The number of benzene rings is 1. The number of fused-ring (bicyclic) bond motifs is 1. The first-order chi connectivity index (χ1) is 9.19. The zero-order valence-electron chi connectivity index (χ0n) is 11.1. The van der Waals surface area contributed by atoms with E-state index in [4.69, 9.17) is 4.74 Å². The van der Waals surface area contributed by atoms with Crippen molar-refractivity contribution in [3.05, 3.63) is 29.6 Å². The Balaban J connectivity index is 1.84. The molecule has 100 valence electrons. The van der Waals surface area contributed by atoms with Crippen molar-refractivity contribution in [2.24, 2.45) is 5.41 Å². The lowest BCUT2D eigenvalue weighted by atomic mass is 9.66. The van der Waals surface area contributed by atoms with Crippen molar-refractivity contribution in [3.63, 3.8) is 0 Å². The van der Waals surface area contributed by atoms with Crippen LogP contribution in [0.5, 0.6) is 0 Å². The van der Waals surface area contributed by atoms with Gasteiger partial charge in [-0.15, -0.1) is 0 Å². The van der Waals surface area contributed by atoms with Gasteiger partial charge in [0.2, 0.25) is 0 Å². The third-order valence-corrected chi connectivity index (χ3v) is 5.02. The van der Waals surface area contributed by atoms with E-state index < -0.39 is 0 Å². The molecule has 2 fully saturated rings. The van der Waals surface area contributed by atoms with Gasteiger partial charge in [-0.2, -0.15) is 0 Å². The summed E-state index contributed by atoms with van der Waals surface area (Å²) < 4.78 is 5.50. The molecule has 0 bridgehead atoms. The summed E-state index contributed by atoms with van der Waals surface area (Å²) in [7, 11) is 0. The van der Waals surface area contributed by atoms with Gasteiger partial charge < -0.3 is 14.8 Å². The van der Waals surface area contributed by atoms with E-state index in [-0.39, 0.29) is 17.4 Å². The fourth-order valence-electron chi connectivity index (χ4n) is 3.46. The van der Waals surface area contributed by atoms with Crippen LogP contribution in [0.25, 0.3) is 11.0 Å². The minimum absolute atomic E-state index is 0.00888. The van der Waals surface area contributed by atoms with Crippen LogP contribution in [0.15, 0.2) is 18.2 Å². The number of hydrogen-bond acceptors (Lipinski definition) is 3. The van der Waals surface area contributed by atoms with Gasteiger partial charge in [-0.1, -0.05) is 6.07 Å². The summed E-state index contributed by atoms with van der Waals surface area (Å²) in [5.74, 6) is 0.939. The van der Waals surface area contributed by atoms with E-state index in [0.717, 1.165) is 42.9 Å². The molecule has 1 saturated carbocycles. The van der Waals surface area contributed by atoms with Crippen molar-refractivity contribution in [2.45, 2.75) is 25.2 Å². The molecule has 1 aromatic heterocycles. The molecule has 0 unspecified atom stereocenters. The van der Waals surface area contributed by atoms with Crippen LogP contribution < -0.4 is 0 Å². The summed E-state index contributed by atoms with van der Waals surface area (Å²) in [6.45, 7) is 3.69. The molecular formula is C15H18N2O2. The minimum Gasteiger partial charge on any atom is -0.396 e. The first-order valence-electron chi connectivity index (χ1n) is 6.85. The summed E-state index contributed by atoms with van der Waals surface area (Å²) in [4.78, 5) is 7.74. The first-order valence-corrected chi connectivity index (χ1v) is 6.85. The van der Waals surface area contributed by atoms with E-state index in [1.807, 2.05) is 6.92 Å². The van der Waals surface area contributed by atoms with Gasteiger partial charge in [0.25, 0.3) is 0 Å². The van der Waals surface area contributed by atoms with Gasteiger partial charge in [0.05, 0.1) is 24.2 Å². The van der Waals surface area contributed by atoms with Crippen molar-refractivity contribution in [3.8, 4) is 0 Å². The summed E-state index contributed by atoms with van der Waals surface area (Å²) in [5.41, 5.74) is 3.42. The number of nitrogens with zero attached hydrogens (tertiary/aromatic N) is 1. The Bertz CT molecular complexity index is 639. The second-order valence-electron chi connectivity index (χ2n) is 6.07. The van der Waals surface area contributed by atoms with Crippen LogP contribution in [0.1, 0.15) is 24.2 Å². The zero-order valence-corrected chi connectivity index (χ0v) is 11.1. The maximum absolute atomic E-state index is 9.76. The minimum atomic E-state index is 0.00888. The van der Waals surface area contributed by atoms with Gasteiger partial charge in [-0.05, 0) is 37.5 Å². The number of aromatic nitrogens is 2. The van der Waals surface area contributed by atoms with E-state index in [9.17, 15) is 5.11 Å². The SMILES string of the molecule is Cc1nc2ccc(C3(C4(CO)CC4)COC3)cc2[nH]1. The Kier molecular flexibility index (Phi) is 2.16. The van der Waals surface area contributed by atoms with E-state index >= 15 is 0 Å². The predicted octanol–water partition coefficient (Wildman–Crippen LogP) is 1.91. The molecule has 1 saturated heterocycles. The van der Waals surface area contributed by atoms with Crippen molar-refractivity contribution in [1.29, 1.82) is 0 Å². The average molecular weight is 258 g/mol. The van der Waals surface area contributed by atoms with Crippen molar-refractivity contribution in [2.75, 3.05) is 19.8 Å². The molecule has 4 rings (SSSR count). The number of H-pyrrole nitrogens is 1. The molecule has 4 heteroatoms. The topological polar surface area (TPSA) is 58.1 Å². The first kappa shape index (κ1) is 11.4. The molecule has 2 aliphatic rings. The van der Waals surface area contributed by atoms with Crippen LogP contribution in [-0.2, 0) is 10.2 Å². The van der Waals surface area contributed by atoms with Gasteiger partial charge in [0.1, 0.15) is 5.82 Å². The lowest BCUT2D eigenvalue weighted by molar-refractivity contribution is -0.110. The Hall–Kier alpha value is -1.39. The summed E-state index contributed by atoms with van der Waals surface area (Å²) in [6.07, 6.45) is 2.21. The molecular weight excluding hydrogens is 240 g/mol. The number of aromatic amines is 1. The predicted molar refractivity (Wildman–Crippen MR) is 72.1 cm³/mol. The number of aryl methyl sites for hydroxylation is 1. The smallest absolute Gasteiger partial charge is 0.104 e. The highest BCUT2D eigenvalue weighted by Crippen LogP contribution is 2.62. The fraction of sp³-hybridized carbons (Fsp3) is 0.533. The van der Waals surface area contributed by atoms with Gasteiger partial charge in [0.15, 0.2) is 0 Å². The van der Waals surface area contributed by atoms with E-state index in [1.54, 1.807) is 0 Å². The third kappa shape index (κ3) is 1.38. The van der Waals surface area contributed by atoms with Crippen molar-refractivity contribution < 1.29 is 9.84 Å². The molecule has 0 atom stereocenters. The normalized spacial score (nSPS) is 23.3. The van der Waals surface area contributed by atoms with E-state index in [0.29, 0.717) is 0 Å². The maximum atomic E-state index is 9.76. The lowest BCUT2D eigenvalue weighted by Crippen LogP contribution is -2.54. The van der Waals surface area contributed by atoms with Crippen LogP contribution in [0.3, 0.4) is 0 Å². The highest BCUT2D eigenvalue weighted by atomic mass is 16.5. The Labute approximate surface area is 111 Å². The van der Waals surface area contributed by atoms with Gasteiger partial charge in [0, 0.05) is 17.4 Å². The van der Waals surface area contributed by atoms with Crippen molar-refractivity contribution in [1.82, 2.24) is 9.97 Å². The molecule has 4 nitrogen and oxygen atoms in total. The number of hydrogen-bond donors (Lipinski definition) is 2. The number of aliphatic hydroxyl groups is 1. The van der Waals surface area contributed by atoms with Crippen molar-refractivity contribution >= 4 is 11.0 Å². The number of imidazole rings is 1. The zero-order chi connectivity index (χ0) is 13.1. The van der Waals surface area contributed by atoms with Crippen LogP contribution >= 0.6 is 0 Å². The Morgan fingerprint density at radius 2 is 2.16 bits per heavy atom. The Morgan fingerprint density at radius 1 is 1.37 bits per heavy atom. The maximum Gasteiger partial charge on any atom is 0.104 e. The number of ether oxygens (including phenoxy) is 1. The molecule has 0 amide bonds. The van der Waals surface area contributed by atoms with E-state index in [1.165, 1.54) is 5.56 Å².